The van der Waals surface area contributed by atoms with E-state index >= 15 is 0 Å². The molecule has 0 fully saturated rings. The van der Waals surface area contributed by atoms with Crippen LogP contribution in [0.5, 0.6) is 0 Å². The monoisotopic (exact) mass is 242 g/mol. The molecule has 88 valence electrons. The lowest BCUT2D eigenvalue weighted by atomic mass is 9.92. The molecule has 2 N–H and O–H groups in total. The molecule has 1 aromatic rings. The Morgan fingerprint density at radius 3 is 2.62 bits per heavy atom. The van der Waals surface area contributed by atoms with Gasteiger partial charge in [-0.25, -0.2) is 8.42 Å². The summed E-state index contributed by atoms with van der Waals surface area (Å²) >= 11 is 0. The van der Waals surface area contributed by atoms with Gasteiger partial charge in [0.1, 0.15) is 0 Å². The molecule has 1 rings (SSSR count). The number of H-pyrrole nitrogens is 1. The maximum absolute atomic E-state index is 11.3. The Kier molecular flexibility index (Phi) is 3.24. The zero-order valence-electron chi connectivity index (χ0n) is 9.40. The maximum atomic E-state index is 11.3. The fraction of sp³-hybridized carbons (Fsp3) is 0.556. The Hall–Kier alpha value is -1.55. The van der Waals surface area contributed by atoms with Gasteiger partial charge >= 0.3 is 0 Å². The van der Waals surface area contributed by atoms with Crippen LogP contribution in [0, 0.1) is 11.3 Å². The number of rotatable bonds is 3. The van der Waals surface area contributed by atoms with Crippen molar-refractivity contribution in [3.8, 4) is 6.07 Å². The Balaban J connectivity index is 2.86. The van der Waals surface area contributed by atoms with E-state index in [1.54, 1.807) is 12.1 Å². The van der Waals surface area contributed by atoms with Crippen molar-refractivity contribution in [2.75, 3.05) is 10.5 Å². The average Bonchev–Trinajstić information content (AvgIpc) is 2.50. The van der Waals surface area contributed by atoms with Crippen LogP contribution in [0.4, 0.5) is 5.82 Å². The molecule has 0 aliphatic heterocycles. The first-order chi connectivity index (χ1) is 7.24. The first-order valence-corrected chi connectivity index (χ1v) is 6.33. The second kappa shape index (κ2) is 4.14. The van der Waals surface area contributed by atoms with Crippen LogP contribution in [-0.2, 0) is 15.4 Å². The van der Waals surface area contributed by atoms with Gasteiger partial charge in [0, 0.05) is 17.2 Å². The number of aromatic nitrogens is 2. The number of aromatic amines is 1. The van der Waals surface area contributed by atoms with E-state index in [0.29, 0.717) is 0 Å². The van der Waals surface area contributed by atoms with Crippen molar-refractivity contribution < 1.29 is 8.42 Å². The van der Waals surface area contributed by atoms with Crippen LogP contribution >= 0.6 is 0 Å². The minimum Gasteiger partial charge on any atom is -0.280 e. The van der Waals surface area contributed by atoms with Crippen molar-refractivity contribution in [1.82, 2.24) is 10.2 Å². The van der Waals surface area contributed by atoms with Crippen molar-refractivity contribution in [3.63, 3.8) is 0 Å². The normalized spacial score (nSPS) is 12.1. The Morgan fingerprint density at radius 2 is 2.19 bits per heavy atom. The molecule has 1 aromatic heterocycles. The van der Waals surface area contributed by atoms with Gasteiger partial charge in [-0.05, 0) is 0 Å². The smallest absolute Gasteiger partial charge is 0.247 e. The van der Waals surface area contributed by atoms with E-state index in [-0.39, 0.29) is 11.2 Å². The third-order valence-electron chi connectivity index (χ3n) is 1.90. The number of anilines is 1. The second-order valence-corrected chi connectivity index (χ2v) is 6.16. The van der Waals surface area contributed by atoms with Gasteiger partial charge in [0.05, 0.1) is 6.07 Å². The topological polar surface area (TPSA) is 98.6 Å². The van der Waals surface area contributed by atoms with Gasteiger partial charge in [0.2, 0.25) is 10.0 Å². The Morgan fingerprint density at radius 1 is 1.56 bits per heavy atom. The highest BCUT2D eigenvalue weighted by Gasteiger charge is 2.18. The van der Waals surface area contributed by atoms with Gasteiger partial charge in [-0.3, -0.25) is 9.82 Å². The highest BCUT2D eigenvalue weighted by Crippen LogP contribution is 2.22. The summed E-state index contributed by atoms with van der Waals surface area (Å²) in [7, 11) is -3.61. The molecule has 0 aliphatic carbocycles. The number of nitrogens with zero attached hydrogens (tertiary/aromatic N) is 2. The molecule has 7 heteroatoms. The Labute approximate surface area is 94.7 Å². The van der Waals surface area contributed by atoms with E-state index < -0.39 is 15.8 Å². The quantitative estimate of drug-likeness (QED) is 0.825. The fourth-order valence-corrected chi connectivity index (χ4v) is 1.70. The highest BCUT2D eigenvalue weighted by molar-refractivity contribution is 7.92. The lowest BCUT2D eigenvalue weighted by Gasteiger charge is -2.14. The van der Waals surface area contributed by atoms with Crippen LogP contribution in [0.15, 0.2) is 6.07 Å². The number of sulfonamides is 1. The molecule has 0 aromatic carbocycles. The molecule has 1 heterocycles. The van der Waals surface area contributed by atoms with Crippen LogP contribution in [-0.4, -0.2) is 24.4 Å². The average molecular weight is 242 g/mol. The lowest BCUT2D eigenvalue weighted by molar-refractivity contribution is 0.567. The van der Waals surface area contributed by atoms with Gasteiger partial charge < -0.3 is 0 Å². The molecule has 0 atom stereocenters. The first kappa shape index (κ1) is 12.5. The van der Waals surface area contributed by atoms with Gasteiger partial charge in [0.25, 0.3) is 0 Å². The van der Waals surface area contributed by atoms with Gasteiger partial charge in [0.15, 0.2) is 11.6 Å². The van der Waals surface area contributed by atoms with Crippen molar-refractivity contribution in [3.05, 3.63) is 11.8 Å². The van der Waals surface area contributed by atoms with Crippen LogP contribution in [0.25, 0.3) is 0 Å². The third-order valence-corrected chi connectivity index (χ3v) is 2.93. The summed E-state index contributed by atoms with van der Waals surface area (Å²) in [6, 6.07) is 3.20. The molecule has 0 aliphatic rings. The van der Waals surface area contributed by atoms with Crippen molar-refractivity contribution in [1.29, 1.82) is 5.26 Å². The van der Waals surface area contributed by atoms with E-state index in [0.717, 1.165) is 5.69 Å². The maximum Gasteiger partial charge on any atom is 0.247 e. The molecule has 0 unspecified atom stereocenters. The van der Waals surface area contributed by atoms with Gasteiger partial charge in [-0.1, -0.05) is 20.8 Å². The van der Waals surface area contributed by atoms with E-state index in [1.165, 1.54) is 0 Å². The summed E-state index contributed by atoms with van der Waals surface area (Å²) in [6.07, 6.45) is 0. The number of hydrogen-bond donors (Lipinski definition) is 2. The molecular formula is C9H14N4O2S. The summed E-state index contributed by atoms with van der Waals surface area (Å²) < 4.78 is 24.8. The van der Waals surface area contributed by atoms with Crippen molar-refractivity contribution in [2.24, 2.45) is 0 Å². The van der Waals surface area contributed by atoms with E-state index in [2.05, 4.69) is 14.9 Å². The molecular weight excluding hydrogens is 228 g/mol. The molecule has 0 saturated carbocycles. The van der Waals surface area contributed by atoms with Crippen LogP contribution < -0.4 is 4.72 Å². The zero-order chi connectivity index (χ0) is 12.4. The highest BCUT2D eigenvalue weighted by atomic mass is 32.2. The summed E-state index contributed by atoms with van der Waals surface area (Å²) in [5.74, 6) is -0.370. The van der Waals surface area contributed by atoms with Gasteiger partial charge in [-0.2, -0.15) is 10.4 Å². The molecule has 16 heavy (non-hydrogen) atoms. The molecule has 0 spiro atoms. The molecule has 0 saturated heterocycles. The zero-order valence-corrected chi connectivity index (χ0v) is 10.2. The van der Waals surface area contributed by atoms with Crippen molar-refractivity contribution in [2.45, 2.75) is 26.2 Å². The lowest BCUT2D eigenvalue weighted by Crippen LogP contribution is -2.15. The number of nitrogens with one attached hydrogen (secondary N) is 2. The van der Waals surface area contributed by atoms with Crippen LogP contribution in [0.2, 0.25) is 0 Å². The minimum atomic E-state index is -3.61. The third kappa shape index (κ3) is 3.24. The van der Waals surface area contributed by atoms with Crippen molar-refractivity contribution >= 4 is 15.8 Å². The summed E-state index contributed by atoms with van der Waals surface area (Å²) in [5, 5.41) is 14.9. The van der Waals surface area contributed by atoms with E-state index in [1.807, 2.05) is 20.8 Å². The summed E-state index contributed by atoms with van der Waals surface area (Å²) in [5.41, 5.74) is 0.688. The molecule has 0 amide bonds. The van der Waals surface area contributed by atoms with Crippen LogP contribution in [0.1, 0.15) is 26.5 Å². The molecule has 0 radical (unpaired) electrons. The molecule has 6 nitrogen and oxygen atoms in total. The number of hydrogen-bond acceptors (Lipinski definition) is 4. The predicted molar refractivity (Wildman–Crippen MR) is 60.3 cm³/mol. The first-order valence-electron chi connectivity index (χ1n) is 4.68. The largest absolute Gasteiger partial charge is 0.280 e. The SMILES string of the molecule is CC(C)(C)c1cc(NS(=O)(=O)CC#N)n[nH]1. The summed E-state index contributed by atoms with van der Waals surface area (Å²) in [6.45, 7) is 5.94. The number of nitriles is 1. The minimum absolute atomic E-state index is 0.133. The second-order valence-electron chi connectivity index (χ2n) is 4.44. The van der Waals surface area contributed by atoms with E-state index in [9.17, 15) is 8.42 Å². The standard InChI is InChI=1S/C9H14N4O2S/c1-9(2,3)7-6-8(12-11-7)13-16(14,15)5-4-10/h6H,5H2,1-3H3,(H2,11,12,13). The van der Waals surface area contributed by atoms with E-state index in [4.69, 9.17) is 5.26 Å². The fourth-order valence-electron chi connectivity index (χ4n) is 1.04. The van der Waals surface area contributed by atoms with Gasteiger partial charge in [-0.15, -0.1) is 0 Å². The Bertz CT molecular complexity index is 504. The molecule has 0 bridgehead atoms. The summed E-state index contributed by atoms with van der Waals surface area (Å²) in [4.78, 5) is 0. The van der Waals surface area contributed by atoms with Crippen LogP contribution in [0.3, 0.4) is 0 Å². The predicted octanol–water partition coefficient (Wildman–Crippen LogP) is 0.972.